The maximum absolute atomic E-state index is 13.2. The van der Waals surface area contributed by atoms with Crippen LogP contribution in [-0.2, 0) is 13.1 Å². The Bertz CT molecular complexity index is 1400. The highest BCUT2D eigenvalue weighted by Gasteiger charge is 2.29. The molecule has 4 aromatic rings. The lowest BCUT2D eigenvalue weighted by molar-refractivity contribution is 0.155. The van der Waals surface area contributed by atoms with Gasteiger partial charge in [0.1, 0.15) is 5.75 Å². The standard InChI is InChI=1S/C30H38N6O2/c1-4-28(29-32-33-34-36(29)25-9-7-6-8-10-25)35(19-22-13-11-21(3)12-14-22)20-24-17-23-18-26(38-5-2)15-16-27(23)31-30(24)37/h11-18,25,28H,4-10,19-20H2,1-3H3,(H,31,37)/t28-/m0/s1. The molecule has 0 saturated heterocycles. The Morgan fingerprint density at radius 1 is 1.05 bits per heavy atom. The number of pyridine rings is 1. The van der Waals surface area contributed by atoms with Crippen molar-refractivity contribution in [1.82, 2.24) is 30.1 Å². The maximum atomic E-state index is 13.2. The SMILES string of the molecule is CCOc1ccc2[nH]c(=O)c(CN(Cc3ccc(C)cc3)[C@@H](CC)c3nnnn3C3CCCCC3)cc2c1. The molecule has 0 aliphatic heterocycles. The van der Waals surface area contributed by atoms with Gasteiger partial charge in [0.2, 0.25) is 0 Å². The van der Waals surface area contributed by atoms with Crippen molar-refractivity contribution in [2.45, 2.75) is 84.5 Å². The van der Waals surface area contributed by atoms with E-state index in [1.54, 1.807) is 0 Å². The molecule has 0 unspecified atom stereocenters. The zero-order valence-electron chi connectivity index (χ0n) is 22.7. The molecule has 8 heteroatoms. The van der Waals surface area contributed by atoms with Crippen LogP contribution in [0.5, 0.6) is 5.75 Å². The average Bonchev–Trinajstić information content (AvgIpc) is 3.41. The van der Waals surface area contributed by atoms with Gasteiger partial charge >= 0.3 is 0 Å². The number of hydrogen-bond acceptors (Lipinski definition) is 6. The number of aryl methyl sites for hydroxylation is 1. The monoisotopic (exact) mass is 514 g/mol. The summed E-state index contributed by atoms with van der Waals surface area (Å²) >= 11 is 0. The first-order valence-electron chi connectivity index (χ1n) is 13.9. The number of benzene rings is 2. The molecule has 0 spiro atoms. The minimum atomic E-state index is -0.0720. The van der Waals surface area contributed by atoms with Crippen molar-refractivity contribution in [3.8, 4) is 5.75 Å². The quantitative estimate of drug-likeness (QED) is 0.284. The largest absolute Gasteiger partial charge is 0.494 e. The summed E-state index contributed by atoms with van der Waals surface area (Å²) < 4.78 is 7.77. The van der Waals surface area contributed by atoms with E-state index in [0.717, 1.165) is 41.7 Å². The van der Waals surface area contributed by atoms with Gasteiger partial charge in [0, 0.05) is 29.6 Å². The summed E-state index contributed by atoms with van der Waals surface area (Å²) in [4.78, 5) is 18.7. The highest BCUT2D eigenvalue weighted by molar-refractivity contribution is 5.80. The first-order chi connectivity index (χ1) is 18.6. The second-order valence-corrected chi connectivity index (χ2v) is 10.4. The minimum absolute atomic E-state index is 0.0296. The lowest BCUT2D eigenvalue weighted by Crippen LogP contribution is -2.33. The molecule has 200 valence electrons. The van der Waals surface area contributed by atoms with Crippen LogP contribution < -0.4 is 10.3 Å². The van der Waals surface area contributed by atoms with E-state index in [9.17, 15) is 4.79 Å². The second-order valence-electron chi connectivity index (χ2n) is 10.4. The maximum Gasteiger partial charge on any atom is 0.252 e. The third-order valence-corrected chi connectivity index (χ3v) is 7.65. The van der Waals surface area contributed by atoms with E-state index in [1.165, 1.54) is 30.4 Å². The van der Waals surface area contributed by atoms with Crippen LogP contribution in [0.2, 0.25) is 0 Å². The fourth-order valence-electron chi connectivity index (χ4n) is 5.64. The molecule has 2 aromatic heterocycles. The van der Waals surface area contributed by atoms with Gasteiger partial charge in [-0.1, -0.05) is 56.0 Å². The lowest BCUT2D eigenvalue weighted by Gasteiger charge is -2.32. The number of tetrazole rings is 1. The number of H-pyrrole nitrogens is 1. The number of fused-ring (bicyclic) bond motifs is 1. The van der Waals surface area contributed by atoms with Crippen molar-refractivity contribution < 1.29 is 4.74 Å². The smallest absolute Gasteiger partial charge is 0.252 e. The Hall–Kier alpha value is -3.52. The van der Waals surface area contributed by atoms with Gasteiger partial charge in [0.15, 0.2) is 5.82 Å². The minimum Gasteiger partial charge on any atom is -0.494 e. The first kappa shape index (κ1) is 26.1. The molecule has 2 heterocycles. The van der Waals surface area contributed by atoms with E-state index < -0.39 is 0 Å². The van der Waals surface area contributed by atoms with Crippen molar-refractivity contribution in [3.63, 3.8) is 0 Å². The fourth-order valence-corrected chi connectivity index (χ4v) is 5.64. The van der Waals surface area contributed by atoms with E-state index in [1.807, 2.05) is 31.2 Å². The number of hydrogen-bond donors (Lipinski definition) is 1. The summed E-state index contributed by atoms with van der Waals surface area (Å²) in [5.74, 6) is 1.69. The predicted molar refractivity (Wildman–Crippen MR) is 149 cm³/mol. The van der Waals surface area contributed by atoms with Crippen molar-refractivity contribution >= 4 is 10.9 Å². The molecule has 0 amide bonds. The normalized spacial score (nSPS) is 15.3. The zero-order valence-corrected chi connectivity index (χ0v) is 22.7. The molecular weight excluding hydrogens is 476 g/mol. The molecule has 1 aliphatic rings. The van der Waals surface area contributed by atoms with Crippen molar-refractivity contribution in [1.29, 1.82) is 0 Å². The van der Waals surface area contributed by atoms with Gasteiger partial charge in [-0.25, -0.2) is 4.68 Å². The van der Waals surface area contributed by atoms with Crippen LogP contribution in [0, 0.1) is 6.92 Å². The Labute approximate surface area is 224 Å². The van der Waals surface area contributed by atoms with E-state index in [0.29, 0.717) is 31.3 Å². The third-order valence-electron chi connectivity index (χ3n) is 7.65. The topological polar surface area (TPSA) is 88.9 Å². The fraction of sp³-hybridized carbons (Fsp3) is 0.467. The molecule has 1 saturated carbocycles. The summed E-state index contributed by atoms with van der Waals surface area (Å²) in [6, 6.07) is 16.7. The summed E-state index contributed by atoms with van der Waals surface area (Å²) in [5.41, 5.74) is 3.87. The highest BCUT2D eigenvalue weighted by Crippen LogP contribution is 2.33. The Balaban J connectivity index is 1.52. The van der Waals surface area contributed by atoms with Crippen molar-refractivity contribution in [2.24, 2.45) is 0 Å². The number of aromatic amines is 1. The van der Waals surface area contributed by atoms with E-state index in [2.05, 4.69) is 68.2 Å². The van der Waals surface area contributed by atoms with Crippen LogP contribution in [0.25, 0.3) is 10.9 Å². The Morgan fingerprint density at radius 3 is 2.58 bits per heavy atom. The number of nitrogens with one attached hydrogen (secondary N) is 1. The number of ether oxygens (including phenoxy) is 1. The van der Waals surface area contributed by atoms with Crippen LogP contribution >= 0.6 is 0 Å². The zero-order chi connectivity index (χ0) is 26.5. The van der Waals surface area contributed by atoms with Gasteiger partial charge in [-0.05, 0) is 73.4 Å². The molecule has 0 bridgehead atoms. The van der Waals surface area contributed by atoms with Crippen LogP contribution in [0.4, 0.5) is 0 Å². The molecule has 1 aliphatic carbocycles. The van der Waals surface area contributed by atoms with Gasteiger partial charge in [-0.3, -0.25) is 9.69 Å². The van der Waals surface area contributed by atoms with Crippen molar-refractivity contribution in [2.75, 3.05) is 6.61 Å². The lowest BCUT2D eigenvalue weighted by atomic mass is 9.95. The molecule has 0 radical (unpaired) electrons. The van der Waals surface area contributed by atoms with E-state index in [-0.39, 0.29) is 11.6 Å². The summed E-state index contributed by atoms with van der Waals surface area (Å²) in [5, 5.41) is 14.1. The van der Waals surface area contributed by atoms with Gasteiger partial charge in [0.25, 0.3) is 5.56 Å². The third kappa shape index (κ3) is 5.80. The van der Waals surface area contributed by atoms with Gasteiger partial charge in [-0.15, -0.1) is 5.10 Å². The summed E-state index contributed by atoms with van der Waals surface area (Å²) in [6.07, 6.45) is 6.76. The van der Waals surface area contributed by atoms with Crippen LogP contribution in [0.15, 0.2) is 53.3 Å². The van der Waals surface area contributed by atoms with Crippen LogP contribution in [0.1, 0.15) is 87.0 Å². The Morgan fingerprint density at radius 2 is 1.84 bits per heavy atom. The highest BCUT2D eigenvalue weighted by atomic mass is 16.5. The number of rotatable bonds is 10. The number of aromatic nitrogens is 5. The molecular formula is C30H38N6O2. The number of nitrogens with zero attached hydrogens (tertiary/aromatic N) is 5. The second kappa shape index (κ2) is 11.9. The Kier molecular flexibility index (Phi) is 8.17. The average molecular weight is 515 g/mol. The van der Waals surface area contributed by atoms with Gasteiger partial charge in [-0.2, -0.15) is 0 Å². The van der Waals surface area contributed by atoms with Gasteiger partial charge < -0.3 is 9.72 Å². The predicted octanol–water partition coefficient (Wildman–Crippen LogP) is 5.88. The molecule has 2 aromatic carbocycles. The first-order valence-corrected chi connectivity index (χ1v) is 13.9. The van der Waals surface area contributed by atoms with Crippen LogP contribution in [0.3, 0.4) is 0 Å². The summed E-state index contributed by atoms with van der Waals surface area (Å²) in [6.45, 7) is 8.00. The van der Waals surface area contributed by atoms with Crippen LogP contribution in [-0.4, -0.2) is 36.7 Å². The molecule has 5 rings (SSSR count). The van der Waals surface area contributed by atoms with Crippen molar-refractivity contribution in [3.05, 3.63) is 81.4 Å². The van der Waals surface area contributed by atoms with Gasteiger partial charge in [0.05, 0.1) is 18.7 Å². The molecule has 1 fully saturated rings. The molecule has 1 N–H and O–H groups in total. The molecule has 38 heavy (non-hydrogen) atoms. The molecule has 8 nitrogen and oxygen atoms in total. The van der Waals surface area contributed by atoms with E-state index in [4.69, 9.17) is 4.74 Å². The van der Waals surface area contributed by atoms with E-state index >= 15 is 0 Å². The molecule has 1 atom stereocenters. The summed E-state index contributed by atoms with van der Waals surface area (Å²) in [7, 11) is 0.